The lowest BCUT2D eigenvalue weighted by Gasteiger charge is -2.13. The van der Waals surface area contributed by atoms with E-state index in [-0.39, 0.29) is 0 Å². The molecule has 0 unspecified atom stereocenters. The van der Waals surface area contributed by atoms with Gasteiger partial charge in [0.05, 0.1) is 0 Å². The van der Waals surface area contributed by atoms with Crippen molar-refractivity contribution in [3.05, 3.63) is 158 Å². The zero-order valence-electron chi connectivity index (χ0n) is 26.2. The molecule has 0 aliphatic carbocycles. The summed E-state index contributed by atoms with van der Waals surface area (Å²) in [6, 6.07) is 50.5. The average molecular weight is 627 g/mol. The van der Waals surface area contributed by atoms with Crippen LogP contribution in [0.4, 0.5) is 0 Å². The maximum absolute atomic E-state index is 6.26. The molecule has 0 aliphatic rings. The Labute approximate surface area is 281 Å². The van der Waals surface area contributed by atoms with E-state index in [9.17, 15) is 0 Å². The van der Waals surface area contributed by atoms with Crippen molar-refractivity contribution in [3.8, 4) is 45.3 Å². The van der Waals surface area contributed by atoms with Crippen LogP contribution in [0.5, 0.6) is 0 Å². The molecule has 0 saturated heterocycles. The van der Waals surface area contributed by atoms with E-state index in [1.165, 1.54) is 10.8 Å². The highest BCUT2D eigenvalue weighted by Crippen LogP contribution is 2.41. The largest absolute Gasteiger partial charge is 0.456 e. The summed E-state index contributed by atoms with van der Waals surface area (Å²) < 4.78 is 6.26. The van der Waals surface area contributed by atoms with Gasteiger partial charge in [0.15, 0.2) is 17.5 Å². The van der Waals surface area contributed by atoms with E-state index < -0.39 is 0 Å². The summed E-state index contributed by atoms with van der Waals surface area (Å²) in [5.41, 5.74) is 6.57. The molecule has 5 nitrogen and oxygen atoms in total. The minimum atomic E-state index is 0.610. The Morgan fingerprint density at radius 1 is 0.388 bits per heavy atom. The number of fused-ring (bicyclic) bond motifs is 6. The molecular formula is C44H26N4O. The first-order chi connectivity index (χ1) is 24.2. The van der Waals surface area contributed by atoms with Crippen LogP contribution in [0.2, 0.25) is 0 Å². The normalized spacial score (nSPS) is 11.7. The fourth-order valence-electron chi connectivity index (χ4n) is 6.98. The zero-order chi connectivity index (χ0) is 32.3. The van der Waals surface area contributed by atoms with Crippen LogP contribution in [-0.4, -0.2) is 19.9 Å². The number of hydrogen-bond acceptors (Lipinski definition) is 5. The predicted molar refractivity (Wildman–Crippen MR) is 199 cm³/mol. The molecule has 3 heterocycles. The van der Waals surface area contributed by atoms with Crippen molar-refractivity contribution in [2.45, 2.75) is 0 Å². The van der Waals surface area contributed by atoms with E-state index in [1.807, 2.05) is 24.4 Å². The summed E-state index contributed by atoms with van der Waals surface area (Å²) in [5.74, 6) is 1.87. The monoisotopic (exact) mass is 626 g/mol. The number of hydrogen-bond donors (Lipinski definition) is 0. The van der Waals surface area contributed by atoms with Gasteiger partial charge >= 0.3 is 0 Å². The third-order valence-electron chi connectivity index (χ3n) is 9.36. The van der Waals surface area contributed by atoms with Crippen LogP contribution in [0.1, 0.15) is 0 Å². The highest BCUT2D eigenvalue weighted by Gasteiger charge is 2.18. The third kappa shape index (κ3) is 4.63. The summed E-state index contributed by atoms with van der Waals surface area (Å²) in [6.07, 6.45) is 3.65. The van der Waals surface area contributed by atoms with Crippen LogP contribution in [0, 0.1) is 0 Å². The van der Waals surface area contributed by atoms with Crippen LogP contribution in [0.15, 0.2) is 162 Å². The molecule has 0 atom stereocenters. The highest BCUT2D eigenvalue weighted by molar-refractivity contribution is 6.15. The second-order valence-electron chi connectivity index (χ2n) is 12.3. The van der Waals surface area contributed by atoms with Gasteiger partial charge in [0, 0.05) is 39.9 Å². The molecular weight excluding hydrogens is 601 g/mol. The SMILES string of the molecule is c1ccc2cc(-c3nc(-c4ccc5ccccc5c4)nc(-c4cc(-c5cccc6oc7ccncc7c56)c5ccccc5c4)n3)ccc2c1. The summed E-state index contributed by atoms with van der Waals surface area (Å²) in [5, 5.41) is 8.87. The van der Waals surface area contributed by atoms with Crippen molar-refractivity contribution in [2.75, 3.05) is 0 Å². The average Bonchev–Trinajstić information content (AvgIpc) is 3.56. The molecule has 0 aliphatic heterocycles. The molecule has 228 valence electrons. The van der Waals surface area contributed by atoms with E-state index in [1.54, 1.807) is 6.20 Å². The van der Waals surface area contributed by atoms with Crippen LogP contribution < -0.4 is 0 Å². The number of nitrogens with zero attached hydrogens (tertiary/aromatic N) is 4. The van der Waals surface area contributed by atoms with E-state index in [2.05, 4.69) is 132 Å². The predicted octanol–water partition coefficient (Wildman–Crippen LogP) is 11.3. The molecule has 3 aromatic heterocycles. The topological polar surface area (TPSA) is 64.7 Å². The number of benzene rings is 7. The number of furan rings is 1. The second-order valence-corrected chi connectivity index (χ2v) is 12.3. The summed E-state index contributed by atoms with van der Waals surface area (Å²) in [4.78, 5) is 19.8. The van der Waals surface area contributed by atoms with Gasteiger partial charge in [0.1, 0.15) is 11.2 Å². The molecule has 10 rings (SSSR count). The molecule has 0 saturated carbocycles. The zero-order valence-corrected chi connectivity index (χ0v) is 26.2. The first-order valence-corrected chi connectivity index (χ1v) is 16.3. The van der Waals surface area contributed by atoms with Gasteiger partial charge in [-0.3, -0.25) is 4.98 Å². The lowest BCUT2D eigenvalue weighted by Crippen LogP contribution is -2.00. The van der Waals surface area contributed by atoms with Crippen molar-refractivity contribution in [2.24, 2.45) is 0 Å². The smallest absolute Gasteiger partial charge is 0.164 e. The van der Waals surface area contributed by atoms with Crippen molar-refractivity contribution >= 4 is 54.3 Å². The Morgan fingerprint density at radius 3 is 1.67 bits per heavy atom. The molecule has 0 N–H and O–H groups in total. The molecule has 0 amide bonds. The molecule has 0 spiro atoms. The molecule has 0 radical (unpaired) electrons. The van der Waals surface area contributed by atoms with E-state index >= 15 is 0 Å². The maximum Gasteiger partial charge on any atom is 0.164 e. The van der Waals surface area contributed by atoms with Gasteiger partial charge < -0.3 is 4.42 Å². The number of rotatable bonds is 4. The van der Waals surface area contributed by atoms with E-state index in [0.29, 0.717) is 17.5 Å². The van der Waals surface area contributed by atoms with Crippen molar-refractivity contribution in [1.29, 1.82) is 0 Å². The van der Waals surface area contributed by atoms with Crippen LogP contribution in [-0.2, 0) is 0 Å². The van der Waals surface area contributed by atoms with Gasteiger partial charge in [-0.25, -0.2) is 15.0 Å². The molecule has 0 bridgehead atoms. The van der Waals surface area contributed by atoms with E-state index in [4.69, 9.17) is 19.4 Å². The van der Waals surface area contributed by atoms with Crippen LogP contribution in [0.25, 0.3) is 99.5 Å². The summed E-state index contributed by atoms with van der Waals surface area (Å²) >= 11 is 0. The first-order valence-electron chi connectivity index (χ1n) is 16.3. The van der Waals surface area contributed by atoms with Gasteiger partial charge in [-0.15, -0.1) is 0 Å². The standard InChI is InChI=1S/C44H26N4O/c1-3-10-29-22-32(18-16-27(29)8-1)42-46-43(33-19-17-28-9-2-4-11-30(28)23-33)48-44(47-42)34-24-31-12-5-6-13-35(31)37(25-34)36-14-7-15-40-41(36)38-26-45-21-20-39(38)49-40/h1-26H. The van der Waals surface area contributed by atoms with Gasteiger partial charge in [0.2, 0.25) is 0 Å². The first kappa shape index (κ1) is 27.4. The van der Waals surface area contributed by atoms with Crippen LogP contribution in [0.3, 0.4) is 0 Å². The van der Waals surface area contributed by atoms with Gasteiger partial charge in [-0.05, 0) is 79.8 Å². The summed E-state index contributed by atoms with van der Waals surface area (Å²) in [7, 11) is 0. The minimum absolute atomic E-state index is 0.610. The minimum Gasteiger partial charge on any atom is -0.456 e. The quantitative estimate of drug-likeness (QED) is 0.194. The molecule has 7 aromatic carbocycles. The summed E-state index contributed by atoms with van der Waals surface area (Å²) in [6.45, 7) is 0. The fraction of sp³-hybridized carbons (Fsp3) is 0. The van der Waals surface area contributed by atoms with Gasteiger partial charge in [-0.1, -0.05) is 109 Å². The second kappa shape index (κ2) is 10.9. The van der Waals surface area contributed by atoms with E-state index in [0.717, 1.165) is 71.3 Å². The lowest BCUT2D eigenvalue weighted by atomic mass is 9.92. The molecule has 0 fully saturated rings. The number of aromatic nitrogens is 4. The van der Waals surface area contributed by atoms with Crippen molar-refractivity contribution in [3.63, 3.8) is 0 Å². The highest BCUT2D eigenvalue weighted by atomic mass is 16.3. The Kier molecular flexibility index (Phi) is 6.11. The maximum atomic E-state index is 6.26. The fourth-order valence-corrected chi connectivity index (χ4v) is 6.98. The number of pyridine rings is 1. The van der Waals surface area contributed by atoms with Crippen LogP contribution >= 0.6 is 0 Å². The Balaban J connectivity index is 1.23. The van der Waals surface area contributed by atoms with Gasteiger partial charge in [0.25, 0.3) is 0 Å². The molecule has 49 heavy (non-hydrogen) atoms. The van der Waals surface area contributed by atoms with Gasteiger partial charge in [-0.2, -0.15) is 0 Å². The Morgan fingerprint density at radius 2 is 0.980 bits per heavy atom. The van der Waals surface area contributed by atoms with Crippen molar-refractivity contribution < 1.29 is 4.42 Å². The third-order valence-corrected chi connectivity index (χ3v) is 9.36. The lowest BCUT2D eigenvalue weighted by molar-refractivity contribution is 0.668. The Bertz CT molecular complexity index is 2810. The molecule has 10 aromatic rings. The van der Waals surface area contributed by atoms with Crippen molar-refractivity contribution in [1.82, 2.24) is 19.9 Å². The Hall–Kier alpha value is -6.72. The molecule has 5 heteroatoms.